The summed E-state index contributed by atoms with van der Waals surface area (Å²) in [6.45, 7) is 6.80. The lowest BCUT2D eigenvalue weighted by molar-refractivity contribution is -0.127. The zero-order valence-corrected chi connectivity index (χ0v) is 13.6. The normalized spacial score (nSPS) is 33.9. The molecule has 1 N–H and O–H groups in total. The molecule has 5 heteroatoms. The molecule has 1 amide bonds. The standard InChI is InChI=1S/C15H27NO3S/c1-15(2,3)12-6-4-11(5-7-12)14(17)16-13-8-9-20(18,19)10-13/h11-13H,4-10H2,1-3H3,(H,16,17)/t11?,12?,13-/m0/s1. The first-order chi connectivity index (χ1) is 9.17. The Morgan fingerprint density at radius 1 is 1.05 bits per heavy atom. The lowest BCUT2D eigenvalue weighted by atomic mass is 9.69. The van der Waals surface area contributed by atoms with Crippen molar-refractivity contribution in [2.75, 3.05) is 11.5 Å². The first kappa shape index (κ1) is 15.8. The van der Waals surface area contributed by atoms with Crippen LogP contribution in [0.15, 0.2) is 0 Å². The van der Waals surface area contributed by atoms with Gasteiger partial charge in [0.2, 0.25) is 5.91 Å². The van der Waals surface area contributed by atoms with Gasteiger partial charge in [-0.15, -0.1) is 0 Å². The van der Waals surface area contributed by atoms with Gasteiger partial charge in [-0.05, 0) is 43.4 Å². The summed E-state index contributed by atoms with van der Waals surface area (Å²) in [6.07, 6.45) is 4.65. The summed E-state index contributed by atoms with van der Waals surface area (Å²) in [5, 5.41) is 2.94. The van der Waals surface area contributed by atoms with Gasteiger partial charge in [-0.3, -0.25) is 4.79 Å². The molecule has 2 rings (SSSR count). The Kier molecular flexibility index (Phi) is 4.47. The molecule has 4 nitrogen and oxygen atoms in total. The molecule has 1 aliphatic carbocycles. The number of hydrogen-bond acceptors (Lipinski definition) is 3. The van der Waals surface area contributed by atoms with Gasteiger partial charge >= 0.3 is 0 Å². The summed E-state index contributed by atoms with van der Waals surface area (Å²) >= 11 is 0. The Bertz CT molecular complexity index is 456. The van der Waals surface area contributed by atoms with Crippen molar-refractivity contribution < 1.29 is 13.2 Å². The zero-order valence-electron chi connectivity index (χ0n) is 12.8. The number of rotatable bonds is 2. The van der Waals surface area contributed by atoms with Gasteiger partial charge in [0.15, 0.2) is 9.84 Å². The minimum Gasteiger partial charge on any atom is -0.352 e. The summed E-state index contributed by atoms with van der Waals surface area (Å²) < 4.78 is 22.8. The molecular formula is C15H27NO3S. The van der Waals surface area contributed by atoms with Gasteiger partial charge in [0.1, 0.15) is 0 Å². The van der Waals surface area contributed by atoms with Crippen LogP contribution in [0.25, 0.3) is 0 Å². The van der Waals surface area contributed by atoms with E-state index >= 15 is 0 Å². The summed E-state index contributed by atoms with van der Waals surface area (Å²) in [6, 6.07) is -0.159. The third-order valence-corrected chi connectivity index (χ3v) is 6.67. The number of hydrogen-bond donors (Lipinski definition) is 1. The number of amides is 1. The van der Waals surface area contributed by atoms with Crippen molar-refractivity contribution in [3.05, 3.63) is 0 Å². The van der Waals surface area contributed by atoms with Gasteiger partial charge in [0, 0.05) is 12.0 Å². The molecule has 20 heavy (non-hydrogen) atoms. The van der Waals surface area contributed by atoms with Crippen LogP contribution in [0.5, 0.6) is 0 Å². The highest BCUT2D eigenvalue weighted by Crippen LogP contribution is 2.39. The maximum Gasteiger partial charge on any atom is 0.223 e. The van der Waals surface area contributed by atoms with Crippen LogP contribution in [0.2, 0.25) is 0 Å². The van der Waals surface area contributed by atoms with E-state index in [-0.39, 0.29) is 29.4 Å². The van der Waals surface area contributed by atoms with Crippen molar-refractivity contribution in [3.63, 3.8) is 0 Å². The molecule has 116 valence electrons. The average molecular weight is 301 g/mol. The highest BCUT2D eigenvalue weighted by molar-refractivity contribution is 7.91. The minimum absolute atomic E-state index is 0.0689. The smallest absolute Gasteiger partial charge is 0.223 e. The maximum absolute atomic E-state index is 12.2. The van der Waals surface area contributed by atoms with Crippen molar-refractivity contribution in [2.24, 2.45) is 17.3 Å². The number of carbonyl (C=O) groups excluding carboxylic acids is 1. The van der Waals surface area contributed by atoms with Crippen molar-refractivity contribution in [1.29, 1.82) is 0 Å². The quantitative estimate of drug-likeness (QED) is 0.850. The number of nitrogens with one attached hydrogen (secondary N) is 1. The molecular weight excluding hydrogens is 274 g/mol. The lowest BCUT2D eigenvalue weighted by Crippen LogP contribution is -2.41. The van der Waals surface area contributed by atoms with E-state index in [1.54, 1.807) is 0 Å². The number of sulfone groups is 1. The van der Waals surface area contributed by atoms with Crippen LogP contribution in [-0.2, 0) is 14.6 Å². The molecule has 0 unspecified atom stereocenters. The van der Waals surface area contributed by atoms with E-state index in [9.17, 15) is 13.2 Å². The first-order valence-corrected chi connectivity index (χ1v) is 9.50. The van der Waals surface area contributed by atoms with E-state index in [1.165, 1.54) is 0 Å². The maximum atomic E-state index is 12.2. The molecule has 0 aromatic rings. The summed E-state index contributed by atoms with van der Waals surface area (Å²) in [5.41, 5.74) is 0.320. The van der Waals surface area contributed by atoms with Crippen molar-refractivity contribution >= 4 is 15.7 Å². The Morgan fingerprint density at radius 2 is 1.65 bits per heavy atom. The molecule has 0 bridgehead atoms. The summed E-state index contributed by atoms with van der Waals surface area (Å²) in [5.74, 6) is 1.18. The highest BCUT2D eigenvalue weighted by Gasteiger charge is 2.34. The van der Waals surface area contributed by atoms with Gasteiger partial charge in [0.25, 0.3) is 0 Å². The van der Waals surface area contributed by atoms with Gasteiger partial charge in [-0.1, -0.05) is 20.8 Å². The first-order valence-electron chi connectivity index (χ1n) is 7.68. The third-order valence-electron chi connectivity index (χ3n) is 4.90. The van der Waals surface area contributed by atoms with E-state index < -0.39 is 9.84 Å². The topological polar surface area (TPSA) is 63.2 Å². The fourth-order valence-corrected chi connectivity index (χ4v) is 5.12. The van der Waals surface area contributed by atoms with Crippen LogP contribution in [-0.4, -0.2) is 31.9 Å². The summed E-state index contributed by atoms with van der Waals surface area (Å²) in [7, 11) is -2.91. The molecule has 1 saturated heterocycles. The van der Waals surface area contributed by atoms with Crippen LogP contribution in [0.4, 0.5) is 0 Å². The molecule has 1 aliphatic heterocycles. The van der Waals surface area contributed by atoms with E-state index in [0.29, 0.717) is 17.8 Å². The monoisotopic (exact) mass is 301 g/mol. The van der Waals surface area contributed by atoms with Gasteiger partial charge in [-0.2, -0.15) is 0 Å². The molecule has 0 spiro atoms. The van der Waals surface area contributed by atoms with Crippen molar-refractivity contribution in [1.82, 2.24) is 5.32 Å². The van der Waals surface area contributed by atoms with Crippen LogP contribution in [0.1, 0.15) is 52.9 Å². The fraction of sp³-hybridized carbons (Fsp3) is 0.933. The zero-order chi connectivity index (χ0) is 15.0. The van der Waals surface area contributed by atoms with E-state index in [0.717, 1.165) is 25.7 Å². The van der Waals surface area contributed by atoms with Crippen LogP contribution in [0.3, 0.4) is 0 Å². The van der Waals surface area contributed by atoms with Crippen LogP contribution >= 0.6 is 0 Å². The second kappa shape index (κ2) is 5.66. The van der Waals surface area contributed by atoms with Crippen LogP contribution in [0, 0.1) is 17.3 Å². The van der Waals surface area contributed by atoms with E-state index in [4.69, 9.17) is 0 Å². The van der Waals surface area contributed by atoms with Crippen molar-refractivity contribution in [2.45, 2.75) is 58.9 Å². The SMILES string of the molecule is CC(C)(C)C1CCC(C(=O)N[C@H]2CCS(=O)(=O)C2)CC1. The summed E-state index contributed by atoms with van der Waals surface area (Å²) in [4.78, 5) is 12.2. The molecule has 2 aliphatic rings. The van der Waals surface area contributed by atoms with Gasteiger partial charge < -0.3 is 5.32 Å². The van der Waals surface area contributed by atoms with Crippen LogP contribution < -0.4 is 5.32 Å². The van der Waals surface area contributed by atoms with E-state index in [2.05, 4.69) is 26.1 Å². The number of carbonyl (C=O) groups is 1. The molecule has 1 atom stereocenters. The molecule has 0 radical (unpaired) electrons. The second-order valence-electron chi connectivity index (χ2n) is 7.52. The fourth-order valence-electron chi connectivity index (χ4n) is 3.45. The molecule has 0 aromatic carbocycles. The Morgan fingerprint density at radius 3 is 2.10 bits per heavy atom. The van der Waals surface area contributed by atoms with Crippen molar-refractivity contribution in [3.8, 4) is 0 Å². The highest BCUT2D eigenvalue weighted by atomic mass is 32.2. The minimum atomic E-state index is -2.91. The second-order valence-corrected chi connectivity index (χ2v) is 9.75. The largest absolute Gasteiger partial charge is 0.352 e. The molecule has 2 fully saturated rings. The third kappa shape index (κ3) is 3.96. The Hall–Kier alpha value is -0.580. The lowest BCUT2D eigenvalue weighted by Gasteiger charge is -2.36. The van der Waals surface area contributed by atoms with E-state index in [1.807, 2.05) is 0 Å². The predicted octanol–water partition coefficient (Wildman–Crippen LogP) is 2.14. The molecule has 1 heterocycles. The Labute approximate surface area is 122 Å². The van der Waals surface area contributed by atoms with Gasteiger partial charge in [0.05, 0.1) is 11.5 Å². The molecule has 1 saturated carbocycles. The predicted molar refractivity (Wildman–Crippen MR) is 80.1 cm³/mol. The van der Waals surface area contributed by atoms with Gasteiger partial charge in [-0.25, -0.2) is 8.42 Å². The molecule has 0 aromatic heterocycles. The Balaban J connectivity index is 1.81. The average Bonchev–Trinajstić information content (AvgIpc) is 2.67.